The molecular formula is C17H22FNO. The van der Waals surface area contributed by atoms with Crippen LogP contribution in [-0.4, -0.2) is 6.54 Å². The van der Waals surface area contributed by atoms with Crippen LogP contribution in [0, 0.1) is 26.6 Å². The molecule has 2 aromatic rings. The summed E-state index contributed by atoms with van der Waals surface area (Å²) in [6.07, 6.45) is 1.05. The van der Waals surface area contributed by atoms with E-state index in [1.165, 1.54) is 6.07 Å². The van der Waals surface area contributed by atoms with Crippen molar-refractivity contribution in [2.45, 2.75) is 40.2 Å². The molecule has 0 saturated carbocycles. The lowest BCUT2D eigenvalue weighted by atomic mass is 9.97. The van der Waals surface area contributed by atoms with E-state index in [1.807, 2.05) is 26.0 Å². The Kier molecular flexibility index (Phi) is 4.61. The first-order chi connectivity index (χ1) is 9.52. The molecule has 0 saturated heterocycles. The second-order valence-corrected chi connectivity index (χ2v) is 5.26. The molecule has 1 atom stereocenters. The molecule has 0 bridgehead atoms. The zero-order valence-corrected chi connectivity index (χ0v) is 12.6. The summed E-state index contributed by atoms with van der Waals surface area (Å²) in [5.41, 5.74) is 2.87. The van der Waals surface area contributed by atoms with Gasteiger partial charge in [-0.3, -0.25) is 0 Å². The van der Waals surface area contributed by atoms with Crippen molar-refractivity contribution in [3.63, 3.8) is 0 Å². The van der Waals surface area contributed by atoms with Crippen molar-refractivity contribution in [2.75, 3.05) is 6.54 Å². The molecule has 1 unspecified atom stereocenters. The fraction of sp³-hybridized carbons (Fsp3) is 0.412. The third kappa shape index (κ3) is 3.10. The predicted octanol–water partition coefficient (Wildman–Crippen LogP) is 4.43. The topological polar surface area (TPSA) is 25.2 Å². The Morgan fingerprint density at radius 3 is 2.50 bits per heavy atom. The van der Waals surface area contributed by atoms with Gasteiger partial charge in [-0.25, -0.2) is 4.39 Å². The van der Waals surface area contributed by atoms with Crippen LogP contribution in [0.25, 0.3) is 0 Å². The highest BCUT2D eigenvalue weighted by atomic mass is 19.1. The lowest BCUT2D eigenvalue weighted by Crippen LogP contribution is -2.23. The van der Waals surface area contributed by atoms with Crippen LogP contribution in [0.4, 0.5) is 4.39 Å². The number of benzene rings is 1. The molecule has 0 aliphatic rings. The van der Waals surface area contributed by atoms with E-state index in [1.54, 1.807) is 6.92 Å². The van der Waals surface area contributed by atoms with E-state index in [4.69, 9.17) is 4.42 Å². The normalized spacial score (nSPS) is 12.7. The predicted molar refractivity (Wildman–Crippen MR) is 79.5 cm³/mol. The highest BCUT2D eigenvalue weighted by molar-refractivity contribution is 5.36. The van der Waals surface area contributed by atoms with Gasteiger partial charge in [0.15, 0.2) is 0 Å². The van der Waals surface area contributed by atoms with Gasteiger partial charge in [-0.05, 0) is 57.0 Å². The molecule has 2 rings (SSSR count). The van der Waals surface area contributed by atoms with Gasteiger partial charge in [0, 0.05) is 5.56 Å². The Bertz CT molecular complexity index is 589. The minimum atomic E-state index is -0.164. The minimum absolute atomic E-state index is 0.0479. The van der Waals surface area contributed by atoms with E-state index in [0.717, 1.165) is 35.6 Å². The Hall–Kier alpha value is -1.61. The van der Waals surface area contributed by atoms with Gasteiger partial charge < -0.3 is 9.73 Å². The number of hydrogen-bond acceptors (Lipinski definition) is 2. The maximum atomic E-state index is 13.5. The molecule has 1 heterocycles. The summed E-state index contributed by atoms with van der Waals surface area (Å²) in [6.45, 7) is 8.75. The Balaban J connectivity index is 2.41. The van der Waals surface area contributed by atoms with Crippen LogP contribution in [0.3, 0.4) is 0 Å². The molecular weight excluding hydrogens is 253 g/mol. The van der Waals surface area contributed by atoms with Crippen molar-refractivity contribution in [3.05, 3.63) is 58.3 Å². The van der Waals surface area contributed by atoms with Gasteiger partial charge in [-0.2, -0.15) is 0 Å². The Morgan fingerprint density at radius 2 is 1.95 bits per heavy atom. The van der Waals surface area contributed by atoms with Gasteiger partial charge in [-0.15, -0.1) is 0 Å². The average Bonchev–Trinajstić information content (AvgIpc) is 2.73. The van der Waals surface area contributed by atoms with Crippen LogP contribution in [0.1, 0.15) is 47.6 Å². The monoisotopic (exact) mass is 275 g/mol. The third-order valence-electron chi connectivity index (χ3n) is 3.50. The number of nitrogens with one attached hydrogen (secondary N) is 1. The summed E-state index contributed by atoms with van der Waals surface area (Å²) in [6, 6.07) is 7.39. The fourth-order valence-electron chi connectivity index (χ4n) is 2.48. The van der Waals surface area contributed by atoms with E-state index >= 15 is 0 Å². The van der Waals surface area contributed by atoms with Crippen molar-refractivity contribution in [3.8, 4) is 0 Å². The smallest absolute Gasteiger partial charge is 0.126 e. The quantitative estimate of drug-likeness (QED) is 0.873. The van der Waals surface area contributed by atoms with E-state index in [0.29, 0.717) is 5.56 Å². The van der Waals surface area contributed by atoms with E-state index in [9.17, 15) is 4.39 Å². The summed E-state index contributed by atoms with van der Waals surface area (Å²) in [5, 5.41) is 3.52. The van der Waals surface area contributed by atoms with Crippen molar-refractivity contribution in [1.82, 2.24) is 5.32 Å². The first kappa shape index (κ1) is 14.8. The van der Waals surface area contributed by atoms with Crippen molar-refractivity contribution < 1.29 is 8.81 Å². The second kappa shape index (κ2) is 6.23. The number of aryl methyl sites for hydroxylation is 3. The van der Waals surface area contributed by atoms with Gasteiger partial charge in [0.05, 0.1) is 6.04 Å². The SMILES string of the molecule is CCCNC(c1ccc(F)c(C)c1)c1cc(C)oc1C. The van der Waals surface area contributed by atoms with Crippen LogP contribution >= 0.6 is 0 Å². The number of hydrogen-bond donors (Lipinski definition) is 1. The highest BCUT2D eigenvalue weighted by Crippen LogP contribution is 2.28. The van der Waals surface area contributed by atoms with E-state index in [-0.39, 0.29) is 11.9 Å². The molecule has 1 N–H and O–H groups in total. The van der Waals surface area contributed by atoms with Gasteiger partial charge in [0.2, 0.25) is 0 Å². The molecule has 0 amide bonds. The number of rotatable bonds is 5. The zero-order chi connectivity index (χ0) is 14.7. The molecule has 0 aliphatic carbocycles. The molecule has 20 heavy (non-hydrogen) atoms. The van der Waals surface area contributed by atoms with Gasteiger partial charge in [0.1, 0.15) is 17.3 Å². The third-order valence-corrected chi connectivity index (χ3v) is 3.50. The zero-order valence-electron chi connectivity index (χ0n) is 12.6. The lowest BCUT2D eigenvalue weighted by molar-refractivity contribution is 0.493. The number of furan rings is 1. The maximum absolute atomic E-state index is 13.5. The first-order valence-electron chi connectivity index (χ1n) is 7.09. The molecule has 1 aromatic carbocycles. The van der Waals surface area contributed by atoms with Gasteiger partial charge in [0.25, 0.3) is 0 Å². The van der Waals surface area contributed by atoms with Crippen LogP contribution in [0.5, 0.6) is 0 Å². The van der Waals surface area contributed by atoms with Crippen LogP contribution in [0.2, 0.25) is 0 Å². The molecule has 1 aromatic heterocycles. The van der Waals surface area contributed by atoms with Crippen LogP contribution < -0.4 is 5.32 Å². The van der Waals surface area contributed by atoms with E-state index in [2.05, 4.69) is 18.3 Å². The van der Waals surface area contributed by atoms with E-state index < -0.39 is 0 Å². The summed E-state index contributed by atoms with van der Waals surface area (Å²) in [7, 11) is 0. The van der Waals surface area contributed by atoms with Gasteiger partial charge >= 0.3 is 0 Å². The maximum Gasteiger partial charge on any atom is 0.126 e. The molecule has 0 radical (unpaired) electrons. The molecule has 0 fully saturated rings. The average molecular weight is 275 g/mol. The Morgan fingerprint density at radius 1 is 1.20 bits per heavy atom. The molecule has 108 valence electrons. The lowest BCUT2D eigenvalue weighted by Gasteiger charge is -2.19. The Labute approximate surface area is 120 Å². The van der Waals surface area contributed by atoms with Crippen molar-refractivity contribution in [1.29, 1.82) is 0 Å². The van der Waals surface area contributed by atoms with Crippen LogP contribution in [0.15, 0.2) is 28.7 Å². The minimum Gasteiger partial charge on any atom is -0.466 e. The molecule has 2 nitrogen and oxygen atoms in total. The van der Waals surface area contributed by atoms with Crippen molar-refractivity contribution >= 4 is 0 Å². The van der Waals surface area contributed by atoms with Crippen LogP contribution in [-0.2, 0) is 0 Å². The molecule has 0 aliphatic heterocycles. The molecule has 0 spiro atoms. The molecule has 3 heteroatoms. The summed E-state index contributed by atoms with van der Waals surface area (Å²) in [4.78, 5) is 0. The summed E-state index contributed by atoms with van der Waals surface area (Å²) in [5.74, 6) is 1.65. The fourth-order valence-corrected chi connectivity index (χ4v) is 2.48. The first-order valence-corrected chi connectivity index (χ1v) is 7.09. The largest absolute Gasteiger partial charge is 0.466 e. The second-order valence-electron chi connectivity index (χ2n) is 5.26. The summed E-state index contributed by atoms with van der Waals surface area (Å²) >= 11 is 0. The summed E-state index contributed by atoms with van der Waals surface area (Å²) < 4.78 is 19.1. The number of halogens is 1. The van der Waals surface area contributed by atoms with Gasteiger partial charge in [-0.1, -0.05) is 19.1 Å². The highest BCUT2D eigenvalue weighted by Gasteiger charge is 2.19. The van der Waals surface area contributed by atoms with Crippen molar-refractivity contribution in [2.24, 2.45) is 0 Å². The standard InChI is InChI=1S/C17H22FNO/c1-5-8-19-17(15-10-12(3)20-13(15)4)14-6-7-16(18)11(2)9-14/h6-7,9-10,17,19H,5,8H2,1-4H3.